The number of ether oxygens (including phenoxy) is 2. The Morgan fingerprint density at radius 2 is 1.62 bits per heavy atom. The molecule has 0 aliphatic carbocycles. The third-order valence-electron chi connectivity index (χ3n) is 7.61. The Morgan fingerprint density at radius 3 is 2.26 bits per heavy atom. The number of aliphatic imine (C=N–C) groups is 1. The number of nitrogens with one attached hydrogen (secondary N) is 1. The summed E-state index contributed by atoms with van der Waals surface area (Å²) in [7, 11) is 6.79. The number of carbonyl (C=O) groups is 2. The first kappa shape index (κ1) is 28.8. The molecule has 1 aliphatic heterocycles. The van der Waals surface area contributed by atoms with Gasteiger partial charge >= 0.3 is 5.97 Å². The van der Waals surface area contributed by atoms with Crippen LogP contribution in [0.4, 0.5) is 11.4 Å². The lowest BCUT2D eigenvalue weighted by atomic mass is 9.99. The number of piperazine rings is 1. The molecule has 1 aromatic heterocycles. The van der Waals surface area contributed by atoms with Crippen molar-refractivity contribution < 1.29 is 24.2 Å². The number of anilines is 1. The molecule has 1 saturated heterocycles. The van der Waals surface area contributed by atoms with E-state index in [0.29, 0.717) is 45.7 Å². The highest BCUT2D eigenvalue weighted by Gasteiger charge is 2.22. The molecular weight excluding hydrogens is 534 g/mol. The second-order valence-corrected chi connectivity index (χ2v) is 10.3. The first-order valence-corrected chi connectivity index (χ1v) is 13.7. The van der Waals surface area contributed by atoms with Gasteiger partial charge in [0.25, 0.3) is 0 Å². The zero-order valence-electron chi connectivity index (χ0n) is 24.3. The molecule has 42 heavy (non-hydrogen) atoms. The number of esters is 1. The second-order valence-electron chi connectivity index (χ2n) is 10.3. The molecule has 218 valence electrons. The average Bonchev–Trinajstić information content (AvgIpc) is 3.35. The van der Waals surface area contributed by atoms with Crippen LogP contribution >= 0.6 is 0 Å². The number of hydrogen-bond acceptors (Lipinski definition) is 8. The van der Waals surface area contributed by atoms with Crippen molar-refractivity contribution in [3.63, 3.8) is 0 Å². The molecule has 0 spiro atoms. The smallest absolute Gasteiger partial charge is 0.337 e. The molecule has 0 bridgehead atoms. The SMILES string of the molecule is COC(=O)c1ccc2[nH]c(O)c(C(=Nc3ccc(N(C)C(=O)CN4CCN(C)CC4)cc3)c3ccc(OC)cc3)c2c1. The highest BCUT2D eigenvalue weighted by molar-refractivity contribution is 6.22. The average molecular weight is 570 g/mol. The van der Waals surface area contributed by atoms with Gasteiger partial charge in [-0.1, -0.05) is 0 Å². The van der Waals surface area contributed by atoms with Crippen molar-refractivity contribution in [2.24, 2.45) is 4.99 Å². The van der Waals surface area contributed by atoms with Crippen molar-refractivity contribution in [1.29, 1.82) is 0 Å². The van der Waals surface area contributed by atoms with Gasteiger partial charge in [0.05, 0.1) is 43.3 Å². The van der Waals surface area contributed by atoms with Gasteiger partial charge in [0, 0.05) is 55.4 Å². The van der Waals surface area contributed by atoms with E-state index in [1.54, 1.807) is 37.3 Å². The van der Waals surface area contributed by atoms with Crippen LogP contribution in [0.1, 0.15) is 21.5 Å². The van der Waals surface area contributed by atoms with Crippen LogP contribution in [0.25, 0.3) is 10.9 Å². The fourth-order valence-electron chi connectivity index (χ4n) is 5.00. The first-order valence-electron chi connectivity index (χ1n) is 13.7. The van der Waals surface area contributed by atoms with Crippen molar-refractivity contribution in [2.45, 2.75) is 0 Å². The topological polar surface area (TPSA) is 111 Å². The van der Waals surface area contributed by atoms with Gasteiger partial charge in [-0.3, -0.25) is 9.69 Å². The van der Waals surface area contributed by atoms with E-state index >= 15 is 0 Å². The Kier molecular flexibility index (Phi) is 8.56. The number of aromatic amines is 1. The number of aromatic nitrogens is 1. The summed E-state index contributed by atoms with van der Waals surface area (Å²) in [6.07, 6.45) is 0. The van der Waals surface area contributed by atoms with Gasteiger partial charge in [-0.2, -0.15) is 0 Å². The third kappa shape index (κ3) is 6.14. The number of aromatic hydroxyl groups is 1. The summed E-state index contributed by atoms with van der Waals surface area (Å²) >= 11 is 0. The number of rotatable bonds is 8. The summed E-state index contributed by atoms with van der Waals surface area (Å²) in [4.78, 5) is 39.3. The second kappa shape index (κ2) is 12.5. The Balaban J connectivity index is 1.49. The molecule has 0 saturated carbocycles. The number of methoxy groups -OCH3 is 2. The highest BCUT2D eigenvalue weighted by Crippen LogP contribution is 2.33. The van der Waals surface area contributed by atoms with Crippen molar-refractivity contribution in [1.82, 2.24) is 14.8 Å². The van der Waals surface area contributed by atoms with E-state index in [-0.39, 0.29) is 11.8 Å². The number of carbonyl (C=O) groups excluding carboxylic acids is 2. The molecule has 0 atom stereocenters. The first-order chi connectivity index (χ1) is 20.3. The molecule has 1 amide bonds. The normalized spacial score (nSPS) is 14.6. The zero-order chi connectivity index (χ0) is 29.8. The number of H-pyrrole nitrogens is 1. The third-order valence-corrected chi connectivity index (χ3v) is 7.61. The predicted octanol–water partition coefficient (Wildman–Crippen LogP) is 4.05. The number of nitrogens with zero attached hydrogens (tertiary/aromatic N) is 4. The zero-order valence-corrected chi connectivity index (χ0v) is 24.3. The van der Waals surface area contributed by atoms with Gasteiger partial charge in [0.2, 0.25) is 5.91 Å². The van der Waals surface area contributed by atoms with Gasteiger partial charge in [-0.25, -0.2) is 9.79 Å². The summed E-state index contributed by atoms with van der Waals surface area (Å²) in [5.41, 5.74) is 4.07. The van der Waals surface area contributed by atoms with Crippen LogP contribution in [0.5, 0.6) is 11.6 Å². The van der Waals surface area contributed by atoms with E-state index in [9.17, 15) is 14.7 Å². The maximum absolute atomic E-state index is 13.0. The molecule has 3 aromatic carbocycles. The molecule has 4 aromatic rings. The number of amides is 1. The Labute approximate surface area is 244 Å². The van der Waals surface area contributed by atoms with Gasteiger partial charge in [-0.05, 0) is 73.8 Å². The standard InChI is InChI=1S/C32H35N5O5/c1-35-15-17-37(18-16-35)20-28(38)36(2)24-10-8-23(9-11-24)33-30(21-5-12-25(41-3)13-6-21)29-26-19-22(32(40)42-4)7-14-27(26)34-31(29)39/h5-14,19,34,39H,15-18,20H2,1-4H3. The fourth-order valence-corrected chi connectivity index (χ4v) is 5.00. The largest absolute Gasteiger partial charge is 0.497 e. The minimum atomic E-state index is -0.478. The van der Waals surface area contributed by atoms with Crippen LogP contribution < -0.4 is 9.64 Å². The monoisotopic (exact) mass is 569 g/mol. The summed E-state index contributed by atoms with van der Waals surface area (Å²) in [5, 5.41) is 11.7. The van der Waals surface area contributed by atoms with Crippen molar-refractivity contribution in [3.05, 3.63) is 83.4 Å². The van der Waals surface area contributed by atoms with E-state index in [0.717, 1.165) is 37.4 Å². The van der Waals surface area contributed by atoms with Crippen LogP contribution in [0, 0.1) is 0 Å². The maximum Gasteiger partial charge on any atom is 0.337 e. The lowest BCUT2D eigenvalue weighted by Crippen LogP contribution is -2.48. The lowest BCUT2D eigenvalue weighted by Gasteiger charge is -2.32. The van der Waals surface area contributed by atoms with Gasteiger partial charge in [0.15, 0.2) is 5.88 Å². The molecule has 1 aliphatic rings. The molecule has 2 N–H and O–H groups in total. The highest BCUT2D eigenvalue weighted by atomic mass is 16.5. The Hall–Kier alpha value is -4.67. The summed E-state index contributed by atoms with van der Waals surface area (Å²) in [5.74, 6) is 0.156. The Bertz CT molecular complexity index is 1600. The van der Waals surface area contributed by atoms with E-state index in [2.05, 4.69) is 21.8 Å². The Morgan fingerprint density at radius 1 is 0.952 bits per heavy atom. The van der Waals surface area contributed by atoms with Gasteiger partial charge in [-0.15, -0.1) is 0 Å². The quantitative estimate of drug-likeness (QED) is 0.243. The van der Waals surface area contributed by atoms with Crippen molar-refractivity contribution >= 4 is 39.9 Å². The van der Waals surface area contributed by atoms with Crippen LogP contribution in [-0.4, -0.2) is 98.5 Å². The maximum atomic E-state index is 13.0. The molecular formula is C32H35N5O5. The number of fused-ring (bicyclic) bond motifs is 1. The summed E-state index contributed by atoms with van der Waals surface area (Å²) < 4.78 is 10.2. The number of benzene rings is 3. The molecule has 1 fully saturated rings. The number of hydrogen-bond donors (Lipinski definition) is 2. The van der Waals surface area contributed by atoms with Crippen molar-refractivity contribution in [3.8, 4) is 11.6 Å². The molecule has 5 rings (SSSR count). The van der Waals surface area contributed by atoms with E-state index in [1.807, 2.05) is 48.5 Å². The van der Waals surface area contributed by atoms with E-state index in [4.69, 9.17) is 14.5 Å². The molecule has 2 heterocycles. The van der Waals surface area contributed by atoms with Crippen molar-refractivity contribution in [2.75, 3.05) is 65.9 Å². The summed E-state index contributed by atoms with van der Waals surface area (Å²) in [6, 6.07) is 19.8. The van der Waals surface area contributed by atoms with Crippen LogP contribution in [0.15, 0.2) is 71.7 Å². The molecule has 0 unspecified atom stereocenters. The van der Waals surface area contributed by atoms with Gasteiger partial charge in [0.1, 0.15) is 5.75 Å². The van der Waals surface area contributed by atoms with E-state index < -0.39 is 5.97 Å². The van der Waals surface area contributed by atoms with Crippen LogP contribution in [0.3, 0.4) is 0 Å². The van der Waals surface area contributed by atoms with Gasteiger partial charge < -0.3 is 29.4 Å². The lowest BCUT2D eigenvalue weighted by molar-refractivity contribution is -0.119. The summed E-state index contributed by atoms with van der Waals surface area (Å²) in [6.45, 7) is 4.03. The fraction of sp³-hybridized carbons (Fsp3) is 0.281. The minimum absolute atomic E-state index is 0.0276. The predicted molar refractivity (Wildman–Crippen MR) is 163 cm³/mol. The minimum Gasteiger partial charge on any atom is -0.497 e. The number of likely N-dealkylation sites (N-methyl/N-ethyl adjacent to an activating group) is 2. The van der Waals surface area contributed by atoms with Crippen LogP contribution in [0.2, 0.25) is 0 Å². The van der Waals surface area contributed by atoms with E-state index in [1.165, 1.54) is 7.11 Å². The molecule has 0 radical (unpaired) electrons. The molecule has 10 nitrogen and oxygen atoms in total. The van der Waals surface area contributed by atoms with Crippen LogP contribution in [-0.2, 0) is 9.53 Å². The molecule has 10 heteroatoms.